The fraction of sp³-hybridized carbons (Fsp3) is 0.125. The van der Waals surface area contributed by atoms with E-state index >= 15 is 0 Å². The highest BCUT2D eigenvalue weighted by atomic mass is 16.5. The smallest absolute Gasteiger partial charge is 0.126 e. The monoisotopic (exact) mass is 272 g/mol. The topological polar surface area (TPSA) is 47.9 Å². The van der Waals surface area contributed by atoms with Gasteiger partial charge in [-0.1, -0.05) is 0 Å². The number of ether oxygens (including phenoxy) is 3. The van der Waals surface area contributed by atoms with Gasteiger partial charge in [0.2, 0.25) is 0 Å². The third kappa shape index (κ3) is 3.68. The Kier molecular flexibility index (Phi) is 4.50. The predicted molar refractivity (Wildman–Crippen MR) is 77.3 cm³/mol. The number of methoxy groups -OCH3 is 2. The molecule has 0 fully saturated rings. The SMILES string of the molecule is COc1ccc(O/C=C/c2cc(O)cc(OC)c2)cc1. The van der Waals surface area contributed by atoms with Crippen LogP contribution in [-0.2, 0) is 0 Å². The molecular formula is C16H16O4. The van der Waals surface area contributed by atoms with Gasteiger partial charge in [-0.15, -0.1) is 0 Å². The lowest BCUT2D eigenvalue weighted by atomic mass is 10.2. The van der Waals surface area contributed by atoms with Crippen molar-refractivity contribution in [2.75, 3.05) is 14.2 Å². The fourth-order valence-corrected chi connectivity index (χ4v) is 1.67. The van der Waals surface area contributed by atoms with Gasteiger partial charge in [-0.25, -0.2) is 0 Å². The number of benzene rings is 2. The van der Waals surface area contributed by atoms with Gasteiger partial charge in [-0.2, -0.15) is 0 Å². The summed E-state index contributed by atoms with van der Waals surface area (Å²) < 4.78 is 15.6. The molecule has 2 aromatic rings. The van der Waals surface area contributed by atoms with Crippen LogP contribution in [-0.4, -0.2) is 19.3 Å². The van der Waals surface area contributed by atoms with E-state index < -0.39 is 0 Å². The second-order valence-electron chi connectivity index (χ2n) is 4.06. The molecule has 104 valence electrons. The van der Waals surface area contributed by atoms with Crippen molar-refractivity contribution in [2.24, 2.45) is 0 Å². The van der Waals surface area contributed by atoms with Crippen molar-refractivity contribution < 1.29 is 19.3 Å². The lowest BCUT2D eigenvalue weighted by Crippen LogP contribution is -1.85. The standard InChI is InChI=1S/C16H16O4/c1-18-14-3-5-15(6-4-14)20-8-7-12-9-13(17)11-16(10-12)19-2/h3-11,17H,1-2H3/b8-7+. The molecule has 0 unspecified atom stereocenters. The van der Waals surface area contributed by atoms with Crippen LogP contribution >= 0.6 is 0 Å². The molecule has 2 aromatic carbocycles. The van der Waals surface area contributed by atoms with Gasteiger partial charge in [-0.05, 0) is 48.0 Å². The highest BCUT2D eigenvalue weighted by Gasteiger charge is 1.98. The zero-order chi connectivity index (χ0) is 14.4. The van der Waals surface area contributed by atoms with Crippen molar-refractivity contribution >= 4 is 6.08 Å². The molecule has 20 heavy (non-hydrogen) atoms. The zero-order valence-corrected chi connectivity index (χ0v) is 11.4. The first kappa shape index (κ1) is 13.8. The second kappa shape index (κ2) is 6.52. The number of hydrogen-bond acceptors (Lipinski definition) is 4. The van der Waals surface area contributed by atoms with Gasteiger partial charge in [-0.3, -0.25) is 0 Å². The van der Waals surface area contributed by atoms with Crippen molar-refractivity contribution in [2.45, 2.75) is 0 Å². The van der Waals surface area contributed by atoms with Crippen molar-refractivity contribution in [1.29, 1.82) is 0 Å². The molecular weight excluding hydrogens is 256 g/mol. The van der Waals surface area contributed by atoms with E-state index in [0.717, 1.165) is 11.3 Å². The molecule has 0 saturated carbocycles. The van der Waals surface area contributed by atoms with Gasteiger partial charge in [0.15, 0.2) is 0 Å². The van der Waals surface area contributed by atoms with Crippen molar-refractivity contribution in [3.8, 4) is 23.0 Å². The average Bonchev–Trinajstić information content (AvgIpc) is 2.47. The summed E-state index contributed by atoms with van der Waals surface area (Å²) >= 11 is 0. The molecule has 0 aromatic heterocycles. The summed E-state index contributed by atoms with van der Waals surface area (Å²) in [6, 6.07) is 12.2. The highest BCUT2D eigenvalue weighted by Crippen LogP contribution is 2.22. The summed E-state index contributed by atoms with van der Waals surface area (Å²) in [6.07, 6.45) is 3.29. The fourth-order valence-electron chi connectivity index (χ4n) is 1.67. The van der Waals surface area contributed by atoms with Gasteiger partial charge in [0.25, 0.3) is 0 Å². The molecule has 0 saturated heterocycles. The maximum absolute atomic E-state index is 9.53. The van der Waals surface area contributed by atoms with Gasteiger partial charge >= 0.3 is 0 Å². The van der Waals surface area contributed by atoms with E-state index in [1.54, 1.807) is 44.8 Å². The number of aromatic hydroxyl groups is 1. The highest BCUT2D eigenvalue weighted by molar-refractivity contribution is 5.54. The van der Waals surface area contributed by atoms with Crippen molar-refractivity contribution in [3.05, 3.63) is 54.3 Å². The average molecular weight is 272 g/mol. The molecule has 0 aliphatic rings. The molecule has 0 radical (unpaired) electrons. The van der Waals surface area contributed by atoms with E-state index in [1.807, 2.05) is 24.3 Å². The molecule has 0 aliphatic heterocycles. The van der Waals surface area contributed by atoms with Crippen LogP contribution in [0, 0.1) is 0 Å². The maximum atomic E-state index is 9.53. The first-order valence-corrected chi connectivity index (χ1v) is 6.06. The summed E-state index contributed by atoms with van der Waals surface area (Å²) in [6.45, 7) is 0. The Morgan fingerprint density at radius 3 is 2.15 bits per heavy atom. The zero-order valence-electron chi connectivity index (χ0n) is 11.4. The molecule has 1 N–H and O–H groups in total. The number of hydrogen-bond donors (Lipinski definition) is 1. The van der Waals surface area contributed by atoms with E-state index in [2.05, 4.69) is 0 Å². The number of phenols is 1. The summed E-state index contributed by atoms with van der Waals surface area (Å²) in [4.78, 5) is 0. The largest absolute Gasteiger partial charge is 0.508 e. The first-order valence-electron chi connectivity index (χ1n) is 6.06. The van der Waals surface area contributed by atoms with E-state index in [-0.39, 0.29) is 5.75 Å². The van der Waals surface area contributed by atoms with Crippen LogP contribution in [0.15, 0.2) is 48.7 Å². The summed E-state index contributed by atoms with van der Waals surface area (Å²) in [5.74, 6) is 2.22. The lowest BCUT2D eigenvalue weighted by Gasteiger charge is -2.04. The van der Waals surface area contributed by atoms with Crippen LogP contribution in [0.25, 0.3) is 6.08 Å². The van der Waals surface area contributed by atoms with E-state index in [9.17, 15) is 5.11 Å². The second-order valence-corrected chi connectivity index (χ2v) is 4.06. The Hall–Kier alpha value is -2.62. The van der Waals surface area contributed by atoms with Crippen LogP contribution in [0.3, 0.4) is 0 Å². The lowest BCUT2D eigenvalue weighted by molar-refractivity contribution is 0.407. The van der Waals surface area contributed by atoms with E-state index in [0.29, 0.717) is 11.5 Å². The summed E-state index contributed by atoms with van der Waals surface area (Å²) in [5.41, 5.74) is 0.787. The molecule has 0 heterocycles. The van der Waals surface area contributed by atoms with Crippen LogP contribution < -0.4 is 14.2 Å². The Morgan fingerprint density at radius 1 is 0.850 bits per heavy atom. The van der Waals surface area contributed by atoms with Crippen molar-refractivity contribution in [1.82, 2.24) is 0 Å². The number of rotatable bonds is 5. The normalized spacial score (nSPS) is 10.5. The van der Waals surface area contributed by atoms with Crippen molar-refractivity contribution in [3.63, 3.8) is 0 Å². The Bertz CT molecular complexity index is 588. The van der Waals surface area contributed by atoms with E-state index in [4.69, 9.17) is 14.2 Å². The van der Waals surface area contributed by atoms with Crippen LogP contribution in [0.5, 0.6) is 23.0 Å². The van der Waals surface area contributed by atoms with Gasteiger partial charge < -0.3 is 19.3 Å². The van der Waals surface area contributed by atoms with Gasteiger partial charge in [0.1, 0.15) is 23.0 Å². The molecule has 0 amide bonds. The van der Waals surface area contributed by atoms with Crippen LogP contribution in [0.2, 0.25) is 0 Å². The minimum absolute atomic E-state index is 0.147. The Balaban J connectivity index is 2.03. The molecule has 0 aliphatic carbocycles. The molecule has 4 nitrogen and oxygen atoms in total. The Labute approximate surface area is 117 Å². The van der Waals surface area contributed by atoms with Crippen LogP contribution in [0.4, 0.5) is 0 Å². The molecule has 4 heteroatoms. The molecule has 2 rings (SSSR count). The number of phenolic OH excluding ortho intramolecular Hbond substituents is 1. The molecule has 0 spiro atoms. The third-order valence-corrected chi connectivity index (χ3v) is 2.67. The van der Waals surface area contributed by atoms with Gasteiger partial charge in [0.05, 0.1) is 20.5 Å². The summed E-state index contributed by atoms with van der Waals surface area (Å²) in [5, 5.41) is 9.53. The molecule has 0 atom stereocenters. The van der Waals surface area contributed by atoms with Crippen LogP contribution in [0.1, 0.15) is 5.56 Å². The third-order valence-electron chi connectivity index (χ3n) is 2.67. The Morgan fingerprint density at radius 2 is 1.50 bits per heavy atom. The molecule has 0 bridgehead atoms. The summed E-state index contributed by atoms with van der Waals surface area (Å²) in [7, 11) is 3.17. The maximum Gasteiger partial charge on any atom is 0.126 e. The quantitative estimate of drug-likeness (QED) is 0.847. The van der Waals surface area contributed by atoms with Gasteiger partial charge in [0, 0.05) is 6.07 Å². The minimum atomic E-state index is 0.147. The first-order chi connectivity index (χ1) is 9.71. The minimum Gasteiger partial charge on any atom is -0.508 e. The predicted octanol–water partition coefficient (Wildman–Crippen LogP) is 3.46. The van der Waals surface area contributed by atoms with E-state index in [1.165, 1.54) is 0 Å².